The number of guanidine groups is 1. The van der Waals surface area contributed by atoms with Gasteiger partial charge in [0, 0.05) is 22.9 Å². The number of aryl methyl sites for hydroxylation is 1. The highest BCUT2D eigenvalue weighted by molar-refractivity contribution is 9.10. The maximum absolute atomic E-state index is 5.77. The van der Waals surface area contributed by atoms with E-state index in [2.05, 4.69) is 31.2 Å². The Hall–Kier alpha value is -1.56. The summed E-state index contributed by atoms with van der Waals surface area (Å²) in [6, 6.07) is 2.33. The Kier molecular flexibility index (Phi) is 4.09. The molecule has 0 aliphatic rings. The van der Waals surface area contributed by atoms with Crippen LogP contribution < -0.4 is 11.1 Å². The van der Waals surface area contributed by atoms with Crippen molar-refractivity contribution in [2.45, 2.75) is 33.4 Å². The Labute approximate surface area is 121 Å². The first-order valence-corrected chi connectivity index (χ1v) is 6.95. The lowest BCUT2D eigenvalue weighted by Crippen LogP contribution is -2.36. The van der Waals surface area contributed by atoms with E-state index < -0.39 is 0 Å². The number of hydrogen-bond donors (Lipinski definition) is 2. The number of fused-ring (bicyclic) bond motifs is 1. The predicted octanol–water partition coefficient (Wildman–Crippen LogP) is 2.22. The fourth-order valence-corrected chi connectivity index (χ4v) is 2.42. The lowest BCUT2D eigenvalue weighted by molar-refractivity contribution is 0.723. The summed E-state index contributed by atoms with van der Waals surface area (Å²) in [6.07, 6.45) is 3.96. The van der Waals surface area contributed by atoms with Crippen molar-refractivity contribution in [3.63, 3.8) is 0 Å². The number of aliphatic imine (C=N–C) groups is 1. The van der Waals surface area contributed by atoms with Crippen LogP contribution in [-0.4, -0.2) is 21.4 Å². The molecule has 0 amide bonds. The van der Waals surface area contributed by atoms with E-state index in [1.807, 2.05) is 43.6 Å². The normalized spacial score (nSPS) is 12.4. The molecule has 2 heterocycles. The highest BCUT2D eigenvalue weighted by Crippen LogP contribution is 2.17. The zero-order valence-corrected chi connectivity index (χ0v) is 12.9. The molecule has 0 aliphatic carbocycles. The van der Waals surface area contributed by atoms with Gasteiger partial charge in [-0.2, -0.15) is 0 Å². The molecule has 2 aromatic rings. The van der Waals surface area contributed by atoms with E-state index in [0.717, 1.165) is 21.4 Å². The first-order chi connectivity index (χ1) is 8.95. The standard InChI is InChI=1S/C13H18BrN5/c1-8(2)17-13(15)16-5-11-7-19-6-10(14)4-9(3)12(19)18-11/h4,6-8H,5H2,1-3H3,(H3,15,16,17). The molecule has 2 aromatic heterocycles. The molecule has 0 saturated heterocycles. The summed E-state index contributed by atoms with van der Waals surface area (Å²) in [4.78, 5) is 8.83. The van der Waals surface area contributed by atoms with Gasteiger partial charge in [-0.15, -0.1) is 0 Å². The highest BCUT2D eigenvalue weighted by Gasteiger charge is 2.05. The smallest absolute Gasteiger partial charge is 0.189 e. The SMILES string of the molecule is Cc1cc(Br)cn2cc(CN=C(N)NC(C)C)nc12. The maximum atomic E-state index is 5.77. The molecule has 102 valence electrons. The van der Waals surface area contributed by atoms with Crippen LogP contribution in [0.25, 0.3) is 5.65 Å². The first-order valence-electron chi connectivity index (χ1n) is 6.16. The molecule has 0 aliphatic heterocycles. The fourth-order valence-electron chi connectivity index (χ4n) is 1.86. The van der Waals surface area contributed by atoms with Crippen molar-refractivity contribution in [1.82, 2.24) is 14.7 Å². The van der Waals surface area contributed by atoms with Crippen molar-refractivity contribution in [3.05, 3.63) is 34.2 Å². The van der Waals surface area contributed by atoms with Crippen LogP contribution in [0.1, 0.15) is 25.1 Å². The minimum atomic E-state index is 0.281. The summed E-state index contributed by atoms with van der Waals surface area (Å²) in [5.74, 6) is 0.449. The number of pyridine rings is 1. The number of imidazole rings is 1. The Morgan fingerprint density at radius 2 is 2.26 bits per heavy atom. The van der Waals surface area contributed by atoms with Gasteiger partial charge >= 0.3 is 0 Å². The molecule has 0 radical (unpaired) electrons. The van der Waals surface area contributed by atoms with E-state index in [1.54, 1.807) is 0 Å². The van der Waals surface area contributed by atoms with Crippen LogP contribution >= 0.6 is 15.9 Å². The topological polar surface area (TPSA) is 67.7 Å². The maximum Gasteiger partial charge on any atom is 0.189 e. The van der Waals surface area contributed by atoms with Crippen molar-refractivity contribution in [2.75, 3.05) is 0 Å². The number of rotatable bonds is 3. The van der Waals surface area contributed by atoms with E-state index in [-0.39, 0.29) is 6.04 Å². The van der Waals surface area contributed by atoms with E-state index in [9.17, 15) is 0 Å². The Bertz CT molecular complexity index is 615. The van der Waals surface area contributed by atoms with Crippen LogP contribution in [0.2, 0.25) is 0 Å². The first kappa shape index (κ1) is 13.9. The van der Waals surface area contributed by atoms with Gasteiger partial charge < -0.3 is 15.5 Å². The number of hydrogen-bond acceptors (Lipinski definition) is 2. The third kappa shape index (κ3) is 3.47. The molecule has 19 heavy (non-hydrogen) atoms. The average molecular weight is 324 g/mol. The monoisotopic (exact) mass is 323 g/mol. The van der Waals surface area contributed by atoms with Crippen molar-refractivity contribution in [1.29, 1.82) is 0 Å². The Morgan fingerprint density at radius 1 is 1.53 bits per heavy atom. The largest absolute Gasteiger partial charge is 0.370 e. The summed E-state index contributed by atoms with van der Waals surface area (Å²) in [5.41, 5.74) is 8.74. The molecule has 0 spiro atoms. The number of nitrogens with one attached hydrogen (secondary N) is 1. The minimum Gasteiger partial charge on any atom is -0.370 e. The van der Waals surface area contributed by atoms with Gasteiger partial charge in [0.1, 0.15) is 5.65 Å². The van der Waals surface area contributed by atoms with Crippen LogP contribution in [0.4, 0.5) is 0 Å². The molecule has 5 nitrogen and oxygen atoms in total. The summed E-state index contributed by atoms with van der Waals surface area (Å²) < 4.78 is 3.03. The molecule has 0 atom stereocenters. The van der Waals surface area contributed by atoms with Crippen molar-refractivity contribution >= 4 is 27.5 Å². The van der Waals surface area contributed by atoms with Gasteiger partial charge in [0.2, 0.25) is 0 Å². The van der Waals surface area contributed by atoms with Gasteiger partial charge in [0.05, 0.1) is 12.2 Å². The van der Waals surface area contributed by atoms with Crippen molar-refractivity contribution < 1.29 is 0 Å². The lowest BCUT2D eigenvalue weighted by Gasteiger charge is -2.07. The number of nitrogens with two attached hydrogens (primary N) is 1. The molecule has 0 fully saturated rings. The fraction of sp³-hybridized carbons (Fsp3) is 0.385. The lowest BCUT2D eigenvalue weighted by atomic mass is 10.3. The summed E-state index contributed by atoms with van der Waals surface area (Å²) >= 11 is 3.48. The van der Waals surface area contributed by atoms with Crippen LogP contribution in [0.5, 0.6) is 0 Å². The van der Waals surface area contributed by atoms with Gasteiger partial charge in [0.15, 0.2) is 5.96 Å². The second kappa shape index (κ2) is 5.61. The summed E-state index contributed by atoms with van der Waals surface area (Å²) in [7, 11) is 0. The molecular formula is C13H18BrN5. The van der Waals surface area contributed by atoms with E-state index in [4.69, 9.17) is 5.73 Å². The molecule has 0 saturated carbocycles. The van der Waals surface area contributed by atoms with Crippen LogP contribution in [0.3, 0.4) is 0 Å². The van der Waals surface area contributed by atoms with E-state index in [1.165, 1.54) is 0 Å². The molecule has 0 aromatic carbocycles. The number of halogens is 1. The van der Waals surface area contributed by atoms with E-state index >= 15 is 0 Å². The van der Waals surface area contributed by atoms with Gasteiger partial charge in [-0.3, -0.25) is 0 Å². The van der Waals surface area contributed by atoms with Crippen LogP contribution in [-0.2, 0) is 6.54 Å². The Morgan fingerprint density at radius 3 is 2.95 bits per heavy atom. The van der Waals surface area contributed by atoms with Gasteiger partial charge in [0.25, 0.3) is 0 Å². The van der Waals surface area contributed by atoms with Gasteiger partial charge in [-0.05, 0) is 48.3 Å². The molecule has 2 rings (SSSR count). The molecule has 6 heteroatoms. The molecule has 0 bridgehead atoms. The van der Waals surface area contributed by atoms with E-state index in [0.29, 0.717) is 12.5 Å². The Balaban J connectivity index is 2.20. The van der Waals surface area contributed by atoms with Crippen LogP contribution in [0, 0.1) is 6.92 Å². The quantitative estimate of drug-likeness (QED) is 0.672. The number of nitrogens with zero attached hydrogens (tertiary/aromatic N) is 3. The minimum absolute atomic E-state index is 0.281. The zero-order chi connectivity index (χ0) is 14.0. The van der Waals surface area contributed by atoms with Crippen molar-refractivity contribution in [3.8, 4) is 0 Å². The van der Waals surface area contributed by atoms with Crippen molar-refractivity contribution in [2.24, 2.45) is 10.7 Å². The predicted molar refractivity (Wildman–Crippen MR) is 81.2 cm³/mol. The molecule has 3 N–H and O–H groups in total. The number of aromatic nitrogens is 2. The zero-order valence-electron chi connectivity index (χ0n) is 11.3. The second-order valence-corrected chi connectivity index (χ2v) is 5.72. The third-order valence-electron chi connectivity index (χ3n) is 2.60. The molecular weight excluding hydrogens is 306 g/mol. The van der Waals surface area contributed by atoms with Gasteiger partial charge in [-0.1, -0.05) is 0 Å². The third-order valence-corrected chi connectivity index (χ3v) is 3.03. The van der Waals surface area contributed by atoms with Gasteiger partial charge in [-0.25, -0.2) is 9.98 Å². The molecule has 0 unspecified atom stereocenters. The second-order valence-electron chi connectivity index (χ2n) is 4.80. The summed E-state index contributed by atoms with van der Waals surface area (Å²) in [6.45, 7) is 6.56. The summed E-state index contributed by atoms with van der Waals surface area (Å²) in [5, 5.41) is 3.05. The average Bonchev–Trinajstić information content (AvgIpc) is 2.68. The van der Waals surface area contributed by atoms with Crippen LogP contribution in [0.15, 0.2) is 27.9 Å². The highest BCUT2D eigenvalue weighted by atomic mass is 79.9.